The van der Waals surface area contributed by atoms with Gasteiger partial charge in [-0.1, -0.05) is 6.07 Å². The van der Waals surface area contributed by atoms with E-state index >= 15 is 0 Å². The van der Waals surface area contributed by atoms with Crippen LogP contribution in [0.15, 0.2) is 60.1 Å². The van der Waals surface area contributed by atoms with E-state index in [2.05, 4.69) is 15.3 Å². The molecule has 3 aromatic rings. The van der Waals surface area contributed by atoms with Gasteiger partial charge in [-0.15, -0.1) is 24.0 Å². The molecule has 0 bridgehead atoms. The lowest BCUT2D eigenvalue weighted by Crippen LogP contribution is -2.23. The molecule has 1 heterocycles. The van der Waals surface area contributed by atoms with E-state index < -0.39 is 0 Å². The average Bonchev–Trinajstić information content (AvgIpc) is 3.23. The normalized spacial score (nSPS) is 11.0. The highest BCUT2D eigenvalue weighted by Gasteiger charge is 2.08. The zero-order valence-electron chi connectivity index (χ0n) is 16.8. The molecule has 160 valence electrons. The van der Waals surface area contributed by atoms with Crippen LogP contribution in [0.1, 0.15) is 19.4 Å². The van der Waals surface area contributed by atoms with Gasteiger partial charge in [0, 0.05) is 18.5 Å². The Labute approximate surface area is 192 Å². The van der Waals surface area contributed by atoms with Gasteiger partial charge in [0.15, 0.2) is 5.96 Å². The summed E-state index contributed by atoms with van der Waals surface area (Å²) >= 11 is 0. The predicted molar refractivity (Wildman–Crippen MR) is 127 cm³/mol. The minimum absolute atomic E-state index is 0. The fraction of sp³-hybridized carbons (Fsp3) is 0.238. The van der Waals surface area contributed by atoms with Gasteiger partial charge in [-0.2, -0.15) is 0 Å². The first-order valence-corrected chi connectivity index (χ1v) is 9.34. The molecule has 1 aromatic heterocycles. The highest BCUT2D eigenvalue weighted by Crippen LogP contribution is 2.29. The van der Waals surface area contributed by atoms with Gasteiger partial charge in [-0.25, -0.2) is 14.4 Å². The Hall–Kier alpha value is -2.82. The SMILES string of the molecule is CCOc1ccc(OCC)c(NC(N)=NCc2ccc(-n3ccnc3)c(F)c2)c1.I. The lowest BCUT2D eigenvalue weighted by molar-refractivity contribution is 0.332. The number of imidazole rings is 1. The predicted octanol–water partition coefficient (Wildman–Crippen LogP) is 4.35. The molecule has 0 fully saturated rings. The second-order valence-electron chi connectivity index (χ2n) is 6.11. The number of hydrogen-bond acceptors (Lipinski definition) is 4. The number of anilines is 1. The topological polar surface area (TPSA) is 86.7 Å². The molecular formula is C21H25FIN5O2. The van der Waals surface area contributed by atoms with Crippen LogP contribution in [0.3, 0.4) is 0 Å². The molecule has 30 heavy (non-hydrogen) atoms. The minimum Gasteiger partial charge on any atom is -0.494 e. The first kappa shape index (κ1) is 23.5. The summed E-state index contributed by atoms with van der Waals surface area (Å²) < 4.78 is 27.1. The van der Waals surface area contributed by atoms with Crippen molar-refractivity contribution in [2.75, 3.05) is 18.5 Å². The maximum Gasteiger partial charge on any atom is 0.193 e. The maximum atomic E-state index is 14.4. The highest BCUT2D eigenvalue weighted by atomic mass is 127. The van der Waals surface area contributed by atoms with Crippen molar-refractivity contribution in [2.45, 2.75) is 20.4 Å². The molecule has 0 unspecified atom stereocenters. The van der Waals surface area contributed by atoms with Crippen LogP contribution >= 0.6 is 24.0 Å². The summed E-state index contributed by atoms with van der Waals surface area (Å²) in [6.45, 7) is 5.12. The van der Waals surface area contributed by atoms with Crippen molar-refractivity contribution >= 4 is 35.6 Å². The van der Waals surface area contributed by atoms with Crippen LogP contribution in [-0.2, 0) is 6.54 Å². The molecule has 3 rings (SSSR count). The van der Waals surface area contributed by atoms with E-state index in [4.69, 9.17) is 15.2 Å². The molecular weight excluding hydrogens is 500 g/mol. The van der Waals surface area contributed by atoms with Crippen molar-refractivity contribution in [3.05, 3.63) is 66.5 Å². The first-order chi connectivity index (χ1) is 14.1. The number of halogens is 2. The van der Waals surface area contributed by atoms with Crippen molar-refractivity contribution in [1.29, 1.82) is 0 Å². The van der Waals surface area contributed by atoms with Gasteiger partial charge in [0.2, 0.25) is 0 Å². The third-order valence-corrected chi connectivity index (χ3v) is 4.05. The molecule has 0 amide bonds. The molecule has 0 saturated heterocycles. The third kappa shape index (κ3) is 6.09. The van der Waals surface area contributed by atoms with Gasteiger partial charge >= 0.3 is 0 Å². The van der Waals surface area contributed by atoms with E-state index in [0.717, 1.165) is 0 Å². The molecule has 0 spiro atoms. The molecule has 0 aliphatic heterocycles. The van der Waals surface area contributed by atoms with Gasteiger partial charge in [0.1, 0.15) is 17.3 Å². The number of aliphatic imine (C=N–C) groups is 1. The van der Waals surface area contributed by atoms with Gasteiger partial charge in [-0.05, 0) is 43.7 Å². The Morgan fingerprint density at radius 2 is 1.97 bits per heavy atom. The number of benzene rings is 2. The largest absolute Gasteiger partial charge is 0.494 e. The molecule has 3 N–H and O–H groups in total. The lowest BCUT2D eigenvalue weighted by atomic mass is 10.2. The number of hydrogen-bond donors (Lipinski definition) is 2. The Morgan fingerprint density at radius 3 is 2.63 bits per heavy atom. The van der Waals surface area contributed by atoms with Crippen LogP contribution < -0.4 is 20.5 Å². The van der Waals surface area contributed by atoms with E-state index in [-0.39, 0.29) is 42.3 Å². The Kier molecular flexibility index (Phi) is 8.90. The number of nitrogens with two attached hydrogens (primary N) is 1. The average molecular weight is 525 g/mol. The number of rotatable bonds is 8. The highest BCUT2D eigenvalue weighted by molar-refractivity contribution is 14.0. The maximum absolute atomic E-state index is 14.4. The lowest BCUT2D eigenvalue weighted by Gasteiger charge is -2.14. The smallest absolute Gasteiger partial charge is 0.193 e. The van der Waals surface area contributed by atoms with Crippen molar-refractivity contribution in [3.63, 3.8) is 0 Å². The standard InChI is InChI=1S/C21H24FN5O2.HI/c1-3-28-16-6-8-20(29-4-2)18(12-16)26-21(23)25-13-15-5-7-19(17(22)11-15)27-10-9-24-14-27;/h5-12,14H,3-4,13H2,1-2H3,(H3,23,25,26);1H. The minimum atomic E-state index is -0.356. The second-order valence-corrected chi connectivity index (χ2v) is 6.11. The Balaban J connectivity index is 0.00000320. The first-order valence-electron chi connectivity index (χ1n) is 9.34. The van der Waals surface area contributed by atoms with Crippen molar-refractivity contribution < 1.29 is 13.9 Å². The van der Waals surface area contributed by atoms with Crippen LogP contribution in [0, 0.1) is 5.82 Å². The summed E-state index contributed by atoms with van der Waals surface area (Å²) in [7, 11) is 0. The number of guanidine groups is 1. The van der Waals surface area contributed by atoms with Gasteiger partial charge < -0.3 is 25.1 Å². The van der Waals surface area contributed by atoms with Gasteiger partial charge in [0.05, 0.1) is 37.5 Å². The van der Waals surface area contributed by atoms with Crippen LogP contribution in [-0.4, -0.2) is 28.7 Å². The number of ether oxygens (including phenoxy) is 2. The summed E-state index contributed by atoms with van der Waals surface area (Å²) in [6.07, 6.45) is 4.83. The van der Waals surface area contributed by atoms with Gasteiger partial charge in [0.25, 0.3) is 0 Å². The monoisotopic (exact) mass is 525 g/mol. The van der Waals surface area contributed by atoms with E-state index in [1.54, 1.807) is 41.5 Å². The van der Waals surface area contributed by atoms with E-state index in [0.29, 0.717) is 41.7 Å². The Bertz CT molecular complexity index is 980. The summed E-state index contributed by atoms with van der Waals surface area (Å²) in [5.41, 5.74) is 7.80. The van der Waals surface area contributed by atoms with Crippen molar-refractivity contribution in [3.8, 4) is 17.2 Å². The third-order valence-electron chi connectivity index (χ3n) is 4.05. The molecule has 0 atom stereocenters. The molecule has 0 aliphatic carbocycles. The molecule has 0 aliphatic rings. The van der Waals surface area contributed by atoms with Crippen LogP contribution in [0.5, 0.6) is 11.5 Å². The number of aromatic nitrogens is 2. The van der Waals surface area contributed by atoms with E-state index in [9.17, 15) is 4.39 Å². The second kappa shape index (κ2) is 11.4. The van der Waals surface area contributed by atoms with Crippen LogP contribution in [0.25, 0.3) is 5.69 Å². The quantitative estimate of drug-likeness (QED) is 0.260. The fourth-order valence-electron chi connectivity index (χ4n) is 2.76. The summed E-state index contributed by atoms with van der Waals surface area (Å²) in [6, 6.07) is 10.4. The number of nitrogens with zero attached hydrogens (tertiary/aromatic N) is 3. The molecule has 2 aromatic carbocycles. The van der Waals surface area contributed by atoms with Crippen LogP contribution in [0.4, 0.5) is 10.1 Å². The van der Waals surface area contributed by atoms with E-state index in [1.165, 1.54) is 6.07 Å². The molecule has 0 saturated carbocycles. The Morgan fingerprint density at radius 1 is 1.17 bits per heavy atom. The molecule has 0 radical (unpaired) electrons. The fourth-order valence-corrected chi connectivity index (χ4v) is 2.76. The summed E-state index contributed by atoms with van der Waals surface area (Å²) in [5, 5.41) is 3.03. The van der Waals surface area contributed by atoms with E-state index in [1.807, 2.05) is 26.0 Å². The zero-order chi connectivity index (χ0) is 20.6. The zero-order valence-corrected chi connectivity index (χ0v) is 19.2. The van der Waals surface area contributed by atoms with Gasteiger partial charge in [-0.3, -0.25) is 0 Å². The number of nitrogens with one attached hydrogen (secondary N) is 1. The summed E-state index contributed by atoms with van der Waals surface area (Å²) in [4.78, 5) is 8.23. The summed E-state index contributed by atoms with van der Waals surface area (Å²) in [5.74, 6) is 1.18. The van der Waals surface area contributed by atoms with Crippen LogP contribution in [0.2, 0.25) is 0 Å². The molecule has 9 heteroatoms. The van der Waals surface area contributed by atoms with Crippen molar-refractivity contribution in [2.24, 2.45) is 10.7 Å². The van der Waals surface area contributed by atoms with Crippen molar-refractivity contribution in [1.82, 2.24) is 9.55 Å². The molecule has 7 nitrogen and oxygen atoms in total.